The fourth-order valence-electron chi connectivity index (χ4n) is 1.86. The lowest BCUT2D eigenvalue weighted by atomic mass is 9.88. The van der Waals surface area contributed by atoms with E-state index in [1.54, 1.807) is 0 Å². The van der Waals surface area contributed by atoms with Gasteiger partial charge in [0, 0.05) is 6.61 Å². The van der Waals surface area contributed by atoms with Gasteiger partial charge in [-0.05, 0) is 18.3 Å². The van der Waals surface area contributed by atoms with Crippen LogP contribution in [0, 0.1) is 11.3 Å². The second kappa shape index (κ2) is 6.48. The number of nitrogens with zero attached hydrogens (tertiary/aromatic N) is 2. The maximum absolute atomic E-state index is 6.11. The summed E-state index contributed by atoms with van der Waals surface area (Å²) in [6.07, 6.45) is 0.798. The molecule has 0 aliphatic carbocycles. The van der Waals surface area contributed by atoms with E-state index in [2.05, 4.69) is 44.8 Å². The van der Waals surface area contributed by atoms with Crippen molar-refractivity contribution in [3.8, 4) is 0 Å². The average Bonchev–Trinajstić information content (AvgIpc) is 2.81. The number of aromatic nitrogens is 2. The maximum Gasteiger partial charge on any atom is 0.243 e. The molecule has 0 spiro atoms. The predicted octanol–water partition coefficient (Wildman–Crippen LogP) is 3.24. The minimum Gasteiger partial charge on any atom is -0.370 e. The molecule has 1 heterocycles. The Morgan fingerprint density at radius 3 is 2.42 bits per heavy atom. The molecule has 0 saturated heterocycles. The molecule has 0 aliphatic rings. The highest BCUT2D eigenvalue weighted by molar-refractivity contribution is 4.99. The Bertz CT molecular complexity index is 384. The molecular weight excluding hydrogens is 242 g/mol. The van der Waals surface area contributed by atoms with Crippen LogP contribution in [0.2, 0.25) is 0 Å². The number of rotatable bonds is 6. The van der Waals surface area contributed by atoms with Crippen molar-refractivity contribution in [3.05, 3.63) is 11.7 Å². The standard InChI is InChI=1S/C14H27N3O2/c1-7-9(3)10(15)13-16-12(17-19-13)11(18-8-2)14(4,5)6/h9-11H,7-8,15H2,1-6H3. The molecule has 0 amide bonds. The lowest BCUT2D eigenvalue weighted by Gasteiger charge is -2.27. The van der Waals surface area contributed by atoms with Crippen LogP contribution in [0.1, 0.15) is 71.8 Å². The second-order valence-corrected chi connectivity index (χ2v) is 6.10. The summed E-state index contributed by atoms with van der Waals surface area (Å²) in [5.41, 5.74) is 6.02. The lowest BCUT2D eigenvalue weighted by molar-refractivity contribution is -0.0203. The van der Waals surface area contributed by atoms with Crippen LogP contribution in [0.15, 0.2) is 4.52 Å². The van der Waals surface area contributed by atoms with Crippen molar-refractivity contribution in [1.29, 1.82) is 0 Å². The van der Waals surface area contributed by atoms with E-state index in [0.29, 0.717) is 24.2 Å². The minimum absolute atomic E-state index is 0.0857. The van der Waals surface area contributed by atoms with Gasteiger partial charge in [0.05, 0.1) is 6.04 Å². The molecule has 5 nitrogen and oxygen atoms in total. The molecule has 1 rings (SSSR count). The first-order valence-electron chi connectivity index (χ1n) is 7.01. The number of hydrogen-bond acceptors (Lipinski definition) is 5. The summed E-state index contributed by atoms with van der Waals surface area (Å²) in [6.45, 7) is 13.0. The van der Waals surface area contributed by atoms with E-state index in [1.165, 1.54) is 0 Å². The van der Waals surface area contributed by atoms with Crippen molar-refractivity contribution in [2.45, 2.75) is 60.1 Å². The Hall–Kier alpha value is -0.940. The van der Waals surface area contributed by atoms with Gasteiger partial charge in [-0.2, -0.15) is 4.98 Å². The molecule has 0 saturated carbocycles. The molecule has 0 radical (unpaired) electrons. The van der Waals surface area contributed by atoms with E-state index in [-0.39, 0.29) is 17.6 Å². The molecule has 2 N–H and O–H groups in total. The lowest BCUT2D eigenvalue weighted by Crippen LogP contribution is -2.23. The SMILES string of the molecule is CCOC(c1noc(C(N)C(C)CC)n1)C(C)(C)C. The smallest absolute Gasteiger partial charge is 0.243 e. The van der Waals surface area contributed by atoms with Gasteiger partial charge in [-0.25, -0.2) is 0 Å². The third-order valence-corrected chi connectivity index (χ3v) is 3.35. The van der Waals surface area contributed by atoms with Gasteiger partial charge in [0.25, 0.3) is 0 Å². The summed E-state index contributed by atoms with van der Waals surface area (Å²) in [4.78, 5) is 4.44. The van der Waals surface area contributed by atoms with Crippen LogP contribution in [0.25, 0.3) is 0 Å². The zero-order valence-electron chi connectivity index (χ0n) is 12.9. The van der Waals surface area contributed by atoms with Crippen LogP contribution >= 0.6 is 0 Å². The summed E-state index contributed by atoms with van der Waals surface area (Å²) in [5.74, 6) is 1.40. The number of nitrogens with two attached hydrogens (primary N) is 1. The van der Waals surface area contributed by atoms with Gasteiger partial charge in [-0.3, -0.25) is 0 Å². The Morgan fingerprint density at radius 1 is 1.32 bits per heavy atom. The van der Waals surface area contributed by atoms with Crippen LogP contribution in [0.3, 0.4) is 0 Å². The molecule has 1 aromatic rings. The Kier molecular flexibility index (Phi) is 5.50. The predicted molar refractivity (Wildman–Crippen MR) is 74.5 cm³/mol. The second-order valence-electron chi connectivity index (χ2n) is 6.10. The van der Waals surface area contributed by atoms with Crippen molar-refractivity contribution in [3.63, 3.8) is 0 Å². The summed E-state index contributed by atoms with van der Waals surface area (Å²) in [7, 11) is 0. The van der Waals surface area contributed by atoms with E-state index in [1.807, 2.05) is 6.92 Å². The molecule has 19 heavy (non-hydrogen) atoms. The van der Waals surface area contributed by atoms with Crippen molar-refractivity contribution < 1.29 is 9.26 Å². The van der Waals surface area contributed by atoms with E-state index < -0.39 is 0 Å². The average molecular weight is 269 g/mol. The fraction of sp³-hybridized carbons (Fsp3) is 0.857. The van der Waals surface area contributed by atoms with Gasteiger partial charge in [0.15, 0.2) is 0 Å². The van der Waals surface area contributed by atoms with Gasteiger partial charge in [-0.1, -0.05) is 46.2 Å². The molecule has 5 heteroatoms. The largest absolute Gasteiger partial charge is 0.370 e. The van der Waals surface area contributed by atoms with Crippen LogP contribution in [0.5, 0.6) is 0 Å². The van der Waals surface area contributed by atoms with Crippen LogP contribution in [0.4, 0.5) is 0 Å². The first kappa shape index (κ1) is 16.1. The number of hydrogen-bond donors (Lipinski definition) is 1. The quantitative estimate of drug-likeness (QED) is 0.858. The molecule has 0 fully saturated rings. The van der Waals surface area contributed by atoms with Gasteiger partial charge in [0.2, 0.25) is 11.7 Å². The van der Waals surface area contributed by atoms with Crippen molar-refractivity contribution in [1.82, 2.24) is 10.1 Å². The van der Waals surface area contributed by atoms with Crippen LogP contribution < -0.4 is 5.73 Å². The van der Waals surface area contributed by atoms with Gasteiger partial charge in [-0.15, -0.1) is 0 Å². The van der Waals surface area contributed by atoms with E-state index in [0.717, 1.165) is 6.42 Å². The summed E-state index contributed by atoms with van der Waals surface area (Å²) >= 11 is 0. The highest BCUT2D eigenvalue weighted by Gasteiger charge is 2.32. The van der Waals surface area contributed by atoms with Gasteiger partial charge >= 0.3 is 0 Å². The third-order valence-electron chi connectivity index (χ3n) is 3.35. The molecule has 3 unspecified atom stereocenters. The Morgan fingerprint density at radius 2 is 1.95 bits per heavy atom. The first-order valence-corrected chi connectivity index (χ1v) is 7.01. The zero-order valence-corrected chi connectivity index (χ0v) is 12.9. The van der Waals surface area contributed by atoms with Gasteiger partial charge in [0.1, 0.15) is 6.10 Å². The minimum atomic E-state index is -0.214. The van der Waals surface area contributed by atoms with Gasteiger partial charge < -0.3 is 15.0 Å². The molecule has 0 aromatic carbocycles. The van der Waals surface area contributed by atoms with Crippen molar-refractivity contribution in [2.24, 2.45) is 17.1 Å². The molecule has 110 valence electrons. The van der Waals surface area contributed by atoms with Crippen LogP contribution in [-0.4, -0.2) is 16.7 Å². The molecule has 3 atom stereocenters. The molecule has 0 aliphatic heterocycles. The summed E-state index contributed by atoms with van der Waals surface area (Å²) < 4.78 is 11.1. The highest BCUT2D eigenvalue weighted by Crippen LogP contribution is 2.35. The summed E-state index contributed by atoms with van der Waals surface area (Å²) in [5, 5.41) is 4.05. The molecule has 0 bridgehead atoms. The van der Waals surface area contributed by atoms with E-state index >= 15 is 0 Å². The Balaban J connectivity index is 2.93. The molecular formula is C14H27N3O2. The fourth-order valence-corrected chi connectivity index (χ4v) is 1.86. The highest BCUT2D eigenvalue weighted by atomic mass is 16.5. The topological polar surface area (TPSA) is 74.2 Å². The number of ether oxygens (including phenoxy) is 1. The Labute approximate surface area is 115 Å². The monoisotopic (exact) mass is 269 g/mol. The van der Waals surface area contributed by atoms with E-state index in [4.69, 9.17) is 15.0 Å². The normalized spacial score (nSPS) is 17.2. The molecule has 1 aromatic heterocycles. The van der Waals surface area contributed by atoms with Crippen molar-refractivity contribution in [2.75, 3.05) is 6.61 Å². The third kappa shape index (κ3) is 4.01. The first-order chi connectivity index (χ1) is 8.81. The summed E-state index contributed by atoms with van der Waals surface area (Å²) in [6, 6.07) is -0.214. The van der Waals surface area contributed by atoms with E-state index in [9.17, 15) is 0 Å². The van der Waals surface area contributed by atoms with Crippen molar-refractivity contribution >= 4 is 0 Å². The maximum atomic E-state index is 6.11. The van der Waals surface area contributed by atoms with Crippen LogP contribution in [-0.2, 0) is 4.74 Å². The zero-order chi connectivity index (χ0) is 14.6.